The van der Waals surface area contributed by atoms with E-state index in [9.17, 15) is 14.4 Å². The lowest BCUT2D eigenvalue weighted by molar-refractivity contribution is -0.140. The van der Waals surface area contributed by atoms with Gasteiger partial charge in [0.05, 0.1) is 0 Å². The minimum atomic E-state index is -1.24. The number of carbonyl (C=O) groups is 3. The molecule has 0 rings (SSSR count). The third-order valence-electron chi connectivity index (χ3n) is 3.01. The minimum absolute atomic E-state index is 0.0843. The Morgan fingerprint density at radius 1 is 1.19 bits per heavy atom. The Hall–Kier alpha value is -1.83. The number of likely N-dealkylation sites (N-methyl/N-ethyl adjacent to an activating group) is 2. The van der Waals surface area contributed by atoms with E-state index >= 15 is 0 Å². The highest BCUT2D eigenvalue weighted by molar-refractivity contribution is 5.83. The third-order valence-corrected chi connectivity index (χ3v) is 3.01. The van der Waals surface area contributed by atoms with Crippen LogP contribution in [-0.2, 0) is 9.59 Å². The molecule has 0 heterocycles. The Balaban J connectivity index is 4.69. The number of urea groups is 1. The topological polar surface area (TPSA) is 110 Å². The second kappa shape index (κ2) is 9.17. The normalized spacial score (nSPS) is 13.6. The van der Waals surface area contributed by atoms with Gasteiger partial charge in [0, 0.05) is 25.6 Å². The molecule has 3 N–H and O–H groups in total. The predicted molar refractivity (Wildman–Crippen MR) is 77.2 cm³/mol. The SMILES string of the molecule is CCN(C(=O)N[C@@H](CCC(=O)O)C(=O)O)C(C)CN(C)C. The summed E-state index contributed by atoms with van der Waals surface area (Å²) in [4.78, 5) is 37.2. The molecule has 0 saturated carbocycles. The first-order valence-corrected chi connectivity index (χ1v) is 6.85. The number of nitrogens with zero attached hydrogens (tertiary/aromatic N) is 2. The van der Waals surface area contributed by atoms with Crippen LogP contribution in [0.4, 0.5) is 4.79 Å². The number of carbonyl (C=O) groups excluding carboxylic acids is 1. The van der Waals surface area contributed by atoms with Gasteiger partial charge in [-0.3, -0.25) is 4.79 Å². The van der Waals surface area contributed by atoms with Crippen LogP contribution in [0.1, 0.15) is 26.7 Å². The fraction of sp³-hybridized carbons (Fsp3) is 0.769. The van der Waals surface area contributed by atoms with Crippen molar-refractivity contribution in [3.8, 4) is 0 Å². The van der Waals surface area contributed by atoms with Crippen molar-refractivity contribution in [1.82, 2.24) is 15.1 Å². The lowest BCUT2D eigenvalue weighted by Crippen LogP contribution is -2.52. The van der Waals surface area contributed by atoms with Gasteiger partial charge in [-0.25, -0.2) is 9.59 Å². The Morgan fingerprint density at radius 2 is 1.76 bits per heavy atom. The number of aliphatic carboxylic acids is 2. The molecule has 0 aromatic rings. The van der Waals surface area contributed by atoms with Crippen LogP contribution in [0.25, 0.3) is 0 Å². The molecule has 0 saturated heterocycles. The summed E-state index contributed by atoms with van der Waals surface area (Å²) >= 11 is 0. The highest BCUT2D eigenvalue weighted by Gasteiger charge is 2.25. The van der Waals surface area contributed by atoms with Gasteiger partial charge in [0.25, 0.3) is 0 Å². The number of rotatable bonds is 9. The summed E-state index contributed by atoms with van der Waals surface area (Å²) in [6.07, 6.45) is -0.452. The van der Waals surface area contributed by atoms with Crippen LogP contribution in [0.15, 0.2) is 0 Å². The van der Waals surface area contributed by atoms with Crippen molar-refractivity contribution in [2.24, 2.45) is 0 Å². The van der Waals surface area contributed by atoms with E-state index in [1.807, 2.05) is 25.9 Å². The zero-order chi connectivity index (χ0) is 16.6. The summed E-state index contributed by atoms with van der Waals surface area (Å²) in [6, 6.07) is -1.78. The summed E-state index contributed by atoms with van der Waals surface area (Å²) in [5.74, 6) is -2.33. The molecule has 2 amide bonds. The van der Waals surface area contributed by atoms with Crippen LogP contribution in [0.5, 0.6) is 0 Å². The second-order valence-electron chi connectivity index (χ2n) is 5.17. The Bertz CT molecular complexity index is 373. The number of amides is 2. The average molecular weight is 303 g/mol. The van der Waals surface area contributed by atoms with Gasteiger partial charge in [-0.05, 0) is 34.4 Å². The first-order valence-electron chi connectivity index (χ1n) is 6.85. The van der Waals surface area contributed by atoms with Crippen LogP contribution >= 0.6 is 0 Å². The fourth-order valence-corrected chi connectivity index (χ4v) is 2.04. The zero-order valence-corrected chi connectivity index (χ0v) is 13.0. The first-order chi connectivity index (χ1) is 9.68. The van der Waals surface area contributed by atoms with Crippen LogP contribution in [0.3, 0.4) is 0 Å². The van der Waals surface area contributed by atoms with Crippen molar-refractivity contribution in [2.75, 3.05) is 27.2 Å². The number of nitrogens with one attached hydrogen (secondary N) is 1. The molecule has 122 valence electrons. The molecule has 1 unspecified atom stereocenters. The van der Waals surface area contributed by atoms with Crippen LogP contribution in [-0.4, -0.2) is 77.3 Å². The monoisotopic (exact) mass is 303 g/mol. The van der Waals surface area contributed by atoms with E-state index in [-0.39, 0.29) is 18.9 Å². The summed E-state index contributed by atoms with van der Waals surface area (Å²) in [7, 11) is 3.77. The fourth-order valence-electron chi connectivity index (χ4n) is 2.04. The van der Waals surface area contributed by atoms with Crippen molar-refractivity contribution in [2.45, 2.75) is 38.8 Å². The third kappa shape index (κ3) is 7.50. The average Bonchev–Trinajstić information content (AvgIpc) is 2.33. The Morgan fingerprint density at radius 3 is 2.14 bits per heavy atom. The van der Waals surface area contributed by atoms with E-state index in [0.717, 1.165) is 0 Å². The van der Waals surface area contributed by atoms with Gasteiger partial charge in [0.1, 0.15) is 6.04 Å². The number of hydrogen-bond acceptors (Lipinski definition) is 4. The number of carboxylic acids is 2. The molecule has 2 atom stereocenters. The standard InChI is InChI=1S/C13H25N3O5/c1-5-16(9(2)8-15(3)4)13(21)14-10(12(19)20)6-7-11(17)18/h9-10H,5-8H2,1-4H3,(H,14,21)(H,17,18)(H,19,20)/t9?,10-/m0/s1. The lowest BCUT2D eigenvalue weighted by atomic mass is 10.1. The predicted octanol–water partition coefficient (Wildman–Crippen LogP) is 0.286. The molecule has 0 aromatic heterocycles. The molecule has 0 aliphatic rings. The molecule has 0 bridgehead atoms. The van der Waals surface area contributed by atoms with Crippen molar-refractivity contribution in [3.63, 3.8) is 0 Å². The van der Waals surface area contributed by atoms with Crippen molar-refractivity contribution in [3.05, 3.63) is 0 Å². The van der Waals surface area contributed by atoms with Gasteiger partial charge in [0.15, 0.2) is 0 Å². The van der Waals surface area contributed by atoms with E-state index in [2.05, 4.69) is 5.32 Å². The summed E-state index contributed by atoms with van der Waals surface area (Å²) in [5.41, 5.74) is 0. The second-order valence-corrected chi connectivity index (χ2v) is 5.17. The molecular weight excluding hydrogens is 278 g/mol. The van der Waals surface area contributed by atoms with Gasteiger partial charge < -0.3 is 25.3 Å². The van der Waals surface area contributed by atoms with Crippen molar-refractivity contribution in [1.29, 1.82) is 0 Å². The highest BCUT2D eigenvalue weighted by atomic mass is 16.4. The zero-order valence-electron chi connectivity index (χ0n) is 13.0. The van der Waals surface area contributed by atoms with Gasteiger partial charge in [0.2, 0.25) is 0 Å². The number of carboxylic acid groups (broad SMARTS) is 2. The first kappa shape index (κ1) is 19.2. The van der Waals surface area contributed by atoms with Crippen LogP contribution in [0, 0.1) is 0 Å². The number of hydrogen-bond donors (Lipinski definition) is 3. The maximum atomic E-state index is 12.1. The smallest absolute Gasteiger partial charge is 0.326 e. The molecule has 21 heavy (non-hydrogen) atoms. The van der Waals surface area contributed by atoms with Gasteiger partial charge >= 0.3 is 18.0 Å². The molecule has 0 radical (unpaired) electrons. The van der Waals surface area contributed by atoms with Crippen LogP contribution < -0.4 is 5.32 Å². The molecule has 0 spiro atoms. The molecule has 8 nitrogen and oxygen atoms in total. The Labute approximate surface area is 124 Å². The molecule has 0 fully saturated rings. The van der Waals surface area contributed by atoms with Gasteiger partial charge in [-0.15, -0.1) is 0 Å². The van der Waals surface area contributed by atoms with Gasteiger partial charge in [-0.1, -0.05) is 0 Å². The van der Waals surface area contributed by atoms with E-state index in [1.54, 1.807) is 6.92 Å². The molecular formula is C13H25N3O5. The molecule has 0 aliphatic carbocycles. The largest absolute Gasteiger partial charge is 0.481 e. The quantitative estimate of drug-likeness (QED) is 0.564. The molecule has 8 heteroatoms. The Kier molecular flexibility index (Phi) is 8.37. The van der Waals surface area contributed by atoms with Crippen LogP contribution in [0.2, 0.25) is 0 Å². The van der Waals surface area contributed by atoms with E-state index in [4.69, 9.17) is 10.2 Å². The maximum absolute atomic E-state index is 12.1. The van der Waals surface area contributed by atoms with E-state index in [1.165, 1.54) is 4.90 Å². The van der Waals surface area contributed by atoms with Crippen molar-refractivity contribution < 1.29 is 24.6 Å². The summed E-state index contributed by atoms with van der Waals surface area (Å²) < 4.78 is 0. The van der Waals surface area contributed by atoms with Crippen molar-refractivity contribution >= 4 is 18.0 Å². The molecule has 0 aliphatic heterocycles. The van der Waals surface area contributed by atoms with E-state index < -0.39 is 24.0 Å². The van der Waals surface area contributed by atoms with E-state index in [0.29, 0.717) is 13.1 Å². The highest BCUT2D eigenvalue weighted by Crippen LogP contribution is 2.04. The summed E-state index contributed by atoms with van der Waals surface area (Å²) in [5, 5.41) is 20.0. The molecule has 0 aromatic carbocycles. The maximum Gasteiger partial charge on any atom is 0.326 e. The van der Waals surface area contributed by atoms with Gasteiger partial charge in [-0.2, -0.15) is 0 Å². The minimum Gasteiger partial charge on any atom is -0.481 e. The lowest BCUT2D eigenvalue weighted by Gasteiger charge is -2.31. The summed E-state index contributed by atoms with van der Waals surface area (Å²) in [6.45, 7) is 4.76.